The predicted octanol–water partition coefficient (Wildman–Crippen LogP) is 4.46. The molecule has 0 aliphatic rings. The van der Waals surface area contributed by atoms with Crippen LogP contribution in [-0.4, -0.2) is 25.0 Å². The highest BCUT2D eigenvalue weighted by Gasteiger charge is 2.10. The van der Waals surface area contributed by atoms with Crippen molar-refractivity contribution in [2.75, 3.05) is 0 Å². The van der Waals surface area contributed by atoms with E-state index in [-0.39, 0.29) is 5.75 Å². The van der Waals surface area contributed by atoms with Gasteiger partial charge in [-0.2, -0.15) is 0 Å². The highest BCUT2D eigenvalue weighted by atomic mass is 32.2. The Kier molecular flexibility index (Phi) is 4.57. The summed E-state index contributed by atoms with van der Waals surface area (Å²) in [4.78, 5) is 18.4. The first kappa shape index (κ1) is 16.2. The second kappa shape index (κ2) is 7.33. The Balaban J connectivity index is 1.67. The third kappa shape index (κ3) is 3.55. The van der Waals surface area contributed by atoms with Crippen LogP contribution < -0.4 is 0 Å². The minimum atomic E-state index is 0.143. The summed E-state index contributed by atoms with van der Waals surface area (Å²) in [6, 6.07) is 20.8. The molecule has 2 heterocycles. The fourth-order valence-corrected chi connectivity index (χ4v) is 3.29. The van der Waals surface area contributed by atoms with E-state index < -0.39 is 0 Å². The van der Waals surface area contributed by atoms with E-state index in [1.54, 1.807) is 36.2 Å². The van der Waals surface area contributed by atoms with E-state index in [9.17, 15) is 5.11 Å². The standard InChI is InChI=1S/C20H14N4OS/c25-17-9-2-1-8-16(17)20-23-13-22-19(24-20)14-6-5-7-15(12-14)26-18-10-3-4-11-21-18/h1-13,25H. The molecule has 2 aromatic heterocycles. The SMILES string of the molecule is Oc1ccccc1-c1ncnc(-c2cccc(Sc3ccccn3)c2)n1. The van der Waals surface area contributed by atoms with Gasteiger partial charge in [0.05, 0.1) is 5.56 Å². The van der Waals surface area contributed by atoms with Crippen molar-refractivity contribution in [2.24, 2.45) is 0 Å². The number of hydrogen-bond acceptors (Lipinski definition) is 6. The molecule has 4 aromatic rings. The largest absolute Gasteiger partial charge is 0.507 e. The number of hydrogen-bond donors (Lipinski definition) is 1. The Morgan fingerprint density at radius 1 is 0.769 bits per heavy atom. The van der Waals surface area contributed by atoms with Crippen LogP contribution in [0.2, 0.25) is 0 Å². The molecular weight excluding hydrogens is 344 g/mol. The van der Waals surface area contributed by atoms with E-state index in [1.807, 2.05) is 48.5 Å². The predicted molar refractivity (Wildman–Crippen MR) is 101 cm³/mol. The fraction of sp³-hybridized carbons (Fsp3) is 0. The molecule has 0 spiro atoms. The molecule has 2 aromatic carbocycles. The summed E-state index contributed by atoms with van der Waals surface area (Å²) in [5.41, 5.74) is 1.46. The van der Waals surface area contributed by atoms with Crippen LogP contribution in [0.25, 0.3) is 22.8 Å². The van der Waals surface area contributed by atoms with Gasteiger partial charge in [0, 0.05) is 16.7 Å². The quantitative estimate of drug-likeness (QED) is 0.581. The summed E-state index contributed by atoms with van der Waals surface area (Å²) in [6.45, 7) is 0. The lowest BCUT2D eigenvalue weighted by Gasteiger charge is -2.06. The van der Waals surface area contributed by atoms with Crippen LogP contribution >= 0.6 is 11.8 Å². The summed E-state index contributed by atoms with van der Waals surface area (Å²) in [6.07, 6.45) is 3.24. The van der Waals surface area contributed by atoms with Gasteiger partial charge in [0.25, 0.3) is 0 Å². The third-order valence-electron chi connectivity index (χ3n) is 3.67. The van der Waals surface area contributed by atoms with Crippen molar-refractivity contribution in [3.05, 3.63) is 79.3 Å². The molecule has 6 heteroatoms. The van der Waals surface area contributed by atoms with E-state index in [4.69, 9.17) is 0 Å². The number of benzene rings is 2. The third-order valence-corrected chi connectivity index (χ3v) is 4.61. The second-order valence-electron chi connectivity index (χ2n) is 5.45. The molecule has 4 rings (SSSR count). The Morgan fingerprint density at radius 2 is 1.62 bits per heavy atom. The summed E-state index contributed by atoms with van der Waals surface area (Å²) >= 11 is 1.58. The van der Waals surface area contributed by atoms with Crippen LogP contribution in [0.15, 0.2) is 89.2 Å². The molecular formula is C20H14N4OS. The molecule has 0 amide bonds. The average molecular weight is 358 g/mol. The number of aromatic nitrogens is 4. The van der Waals surface area contributed by atoms with Gasteiger partial charge >= 0.3 is 0 Å². The number of phenolic OH excluding ortho intramolecular Hbond substituents is 1. The van der Waals surface area contributed by atoms with E-state index >= 15 is 0 Å². The summed E-state index contributed by atoms with van der Waals surface area (Å²) in [5, 5.41) is 10.9. The second-order valence-corrected chi connectivity index (χ2v) is 6.54. The number of phenols is 1. The molecule has 26 heavy (non-hydrogen) atoms. The van der Waals surface area contributed by atoms with Gasteiger partial charge in [-0.25, -0.2) is 19.9 Å². The van der Waals surface area contributed by atoms with E-state index in [2.05, 4.69) is 19.9 Å². The zero-order valence-corrected chi connectivity index (χ0v) is 14.5. The molecule has 126 valence electrons. The van der Waals surface area contributed by atoms with Crippen LogP contribution in [0.1, 0.15) is 0 Å². The minimum Gasteiger partial charge on any atom is -0.507 e. The van der Waals surface area contributed by atoms with Crippen molar-refractivity contribution in [3.8, 4) is 28.5 Å². The number of rotatable bonds is 4. The lowest BCUT2D eigenvalue weighted by Crippen LogP contribution is -1.95. The molecule has 0 bridgehead atoms. The normalized spacial score (nSPS) is 10.6. The minimum absolute atomic E-state index is 0.143. The molecule has 0 fully saturated rings. The summed E-state index contributed by atoms with van der Waals surface area (Å²) in [5.74, 6) is 1.14. The zero-order chi connectivity index (χ0) is 17.8. The highest BCUT2D eigenvalue weighted by molar-refractivity contribution is 7.99. The Morgan fingerprint density at radius 3 is 2.46 bits per heavy atom. The van der Waals surface area contributed by atoms with Gasteiger partial charge in [0.15, 0.2) is 11.6 Å². The molecule has 0 saturated carbocycles. The van der Waals surface area contributed by atoms with Crippen molar-refractivity contribution in [1.82, 2.24) is 19.9 Å². The Labute approximate surface area is 154 Å². The molecule has 0 radical (unpaired) electrons. The van der Waals surface area contributed by atoms with Crippen molar-refractivity contribution < 1.29 is 5.11 Å². The first-order chi connectivity index (χ1) is 12.8. The van der Waals surface area contributed by atoms with Crippen molar-refractivity contribution >= 4 is 11.8 Å². The number of pyridine rings is 1. The molecule has 0 aliphatic heterocycles. The molecule has 0 unspecified atom stereocenters. The molecule has 5 nitrogen and oxygen atoms in total. The molecule has 1 N–H and O–H groups in total. The maximum atomic E-state index is 10.0. The van der Waals surface area contributed by atoms with E-state index in [0.29, 0.717) is 17.2 Å². The lowest BCUT2D eigenvalue weighted by molar-refractivity contribution is 0.477. The monoisotopic (exact) mass is 358 g/mol. The Bertz CT molecular complexity index is 1040. The smallest absolute Gasteiger partial charge is 0.167 e. The molecule has 0 saturated heterocycles. The first-order valence-corrected chi connectivity index (χ1v) is 8.78. The zero-order valence-electron chi connectivity index (χ0n) is 13.6. The van der Waals surface area contributed by atoms with Gasteiger partial charge in [-0.15, -0.1) is 0 Å². The number of para-hydroxylation sites is 1. The highest BCUT2D eigenvalue weighted by Crippen LogP contribution is 2.30. The lowest BCUT2D eigenvalue weighted by atomic mass is 10.2. The fourth-order valence-electron chi connectivity index (χ4n) is 2.45. The van der Waals surface area contributed by atoms with Crippen molar-refractivity contribution in [2.45, 2.75) is 9.92 Å². The van der Waals surface area contributed by atoms with Crippen LogP contribution in [0, 0.1) is 0 Å². The number of aromatic hydroxyl groups is 1. The summed E-state index contributed by atoms with van der Waals surface area (Å²) < 4.78 is 0. The molecule has 0 aliphatic carbocycles. The number of nitrogens with zero attached hydrogens (tertiary/aromatic N) is 4. The average Bonchev–Trinajstić information content (AvgIpc) is 2.69. The van der Waals surface area contributed by atoms with E-state index in [1.165, 1.54) is 6.33 Å². The van der Waals surface area contributed by atoms with Crippen LogP contribution in [-0.2, 0) is 0 Å². The van der Waals surface area contributed by atoms with Gasteiger partial charge < -0.3 is 5.11 Å². The summed E-state index contributed by atoms with van der Waals surface area (Å²) in [7, 11) is 0. The van der Waals surface area contributed by atoms with E-state index in [0.717, 1.165) is 15.5 Å². The van der Waals surface area contributed by atoms with Gasteiger partial charge in [0.2, 0.25) is 0 Å². The van der Waals surface area contributed by atoms with Crippen LogP contribution in [0.4, 0.5) is 0 Å². The van der Waals surface area contributed by atoms with Crippen LogP contribution in [0.3, 0.4) is 0 Å². The maximum Gasteiger partial charge on any atom is 0.167 e. The van der Waals surface area contributed by atoms with Gasteiger partial charge in [0.1, 0.15) is 17.1 Å². The van der Waals surface area contributed by atoms with Crippen molar-refractivity contribution in [3.63, 3.8) is 0 Å². The first-order valence-electron chi connectivity index (χ1n) is 7.96. The topological polar surface area (TPSA) is 71.8 Å². The van der Waals surface area contributed by atoms with Crippen LogP contribution in [0.5, 0.6) is 5.75 Å². The Hall–Kier alpha value is -3.25. The van der Waals surface area contributed by atoms with Gasteiger partial charge in [-0.3, -0.25) is 0 Å². The van der Waals surface area contributed by atoms with Gasteiger partial charge in [-0.05, 0) is 36.4 Å². The van der Waals surface area contributed by atoms with Gasteiger partial charge in [-0.1, -0.05) is 42.1 Å². The maximum absolute atomic E-state index is 10.0. The van der Waals surface area contributed by atoms with Crippen molar-refractivity contribution in [1.29, 1.82) is 0 Å². The molecule has 0 atom stereocenters.